The van der Waals surface area contributed by atoms with E-state index >= 15 is 0 Å². The van der Waals surface area contributed by atoms with E-state index in [1.807, 2.05) is 0 Å². The Balaban J connectivity index is 1.40. The molecule has 1 aliphatic heterocycles. The topological polar surface area (TPSA) is 42.4 Å². The summed E-state index contributed by atoms with van der Waals surface area (Å²) in [6, 6.07) is 7.63. The van der Waals surface area contributed by atoms with Crippen LogP contribution in [-0.2, 0) is 0 Å². The monoisotopic (exact) mass is 392 g/mol. The fourth-order valence-corrected chi connectivity index (χ4v) is 4.03. The van der Waals surface area contributed by atoms with Crippen LogP contribution in [0, 0.1) is 17.5 Å². The van der Waals surface area contributed by atoms with E-state index < -0.39 is 17.5 Å². The van der Waals surface area contributed by atoms with Crippen LogP contribution in [-0.4, -0.2) is 35.0 Å². The first-order chi connectivity index (χ1) is 13.0. The zero-order valence-corrected chi connectivity index (χ0v) is 14.9. The standard InChI is InChI=1S/C19H15F3N2O2S/c20-12-3-1-2-11(8-12)18(25)24-6-4-14(5-7-24)26-19-23-17-15(22)9-13(21)10-16(17)27-19/h1-3,8-10,14H,4-7H2. The van der Waals surface area contributed by atoms with Crippen LogP contribution < -0.4 is 4.74 Å². The lowest BCUT2D eigenvalue weighted by Gasteiger charge is -2.31. The molecule has 4 nitrogen and oxygen atoms in total. The third kappa shape index (κ3) is 3.75. The van der Waals surface area contributed by atoms with Gasteiger partial charge in [-0.2, -0.15) is 4.98 Å². The fourth-order valence-electron chi connectivity index (χ4n) is 3.11. The Morgan fingerprint density at radius 3 is 2.63 bits per heavy atom. The van der Waals surface area contributed by atoms with Gasteiger partial charge in [0.1, 0.15) is 23.3 Å². The molecule has 0 saturated carbocycles. The summed E-state index contributed by atoms with van der Waals surface area (Å²) >= 11 is 1.09. The molecule has 27 heavy (non-hydrogen) atoms. The fraction of sp³-hybridized carbons (Fsp3) is 0.263. The quantitative estimate of drug-likeness (QED) is 0.664. The van der Waals surface area contributed by atoms with E-state index in [-0.39, 0.29) is 22.7 Å². The molecule has 2 heterocycles. The van der Waals surface area contributed by atoms with Gasteiger partial charge in [-0.05, 0) is 24.3 Å². The van der Waals surface area contributed by atoms with Gasteiger partial charge in [0.05, 0.1) is 4.70 Å². The van der Waals surface area contributed by atoms with Gasteiger partial charge in [0.25, 0.3) is 11.1 Å². The average Bonchev–Trinajstić information content (AvgIpc) is 3.04. The molecule has 8 heteroatoms. The Labute approximate surface area is 157 Å². The highest BCUT2D eigenvalue weighted by Crippen LogP contribution is 2.32. The van der Waals surface area contributed by atoms with Crippen molar-refractivity contribution in [2.24, 2.45) is 0 Å². The molecule has 1 amide bonds. The van der Waals surface area contributed by atoms with Crippen LogP contribution in [0.5, 0.6) is 5.19 Å². The van der Waals surface area contributed by atoms with E-state index in [4.69, 9.17) is 4.74 Å². The first-order valence-corrected chi connectivity index (χ1v) is 9.28. The van der Waals surface area contributed by atoms with Crippen molar-refractivity contribution in [3.05, 3.63) is 59.4 Å². The predicted molar refractivity (Wildman–Crippen MR) is 95.5 cm³/mol. The number of hydrogen-bond donors (Lipinski definition) is 0. The molecule has 0 aliphatic carbocycles. The second kappa shape index (κ2) is 7.19. The molecule has 1 fully saturated rings. The van der Waals surface area contributed by atoms with Crippen LogP contribution in [0.3, 0.4) is 0 Å². The Bertz CT molecular complexity index is 1000. The summed E-state index contributed by atoms with van der Waals surface area (Å²) in [5.41, 5.74) is 0.410. The number of aromatic nitrogens is 1. The van der Waals surface area contributed by atoms with E-state index in [0.29, 0.717) is 36.2 Å². The Hall–Kier alpha value is -2.61. The molecule has 1 aliphatic rings. The van der Waals surface area contributed by atoms with E-state index in [1.54, 1.807) is 11.0 Å². The number of hydrogen-bond acceptors (Lipinski definition) is 4. The second-order valence-electron chi connectivity index (χ2n) is 6.33. The van der Waals surface area contributed by atoms with Crippen molar-refractivity contribution in [1.29, 1.82) is 0 Å². The minimum atomic E-state index is -0.716. The van der Waals surface area contributed by atoms with Gasteiger partial charge in [0.2, 0.25) is 0 Å². The third-order valence-corrected chi connectivity index (χ3v) is 5.36. The van der Waals surface area contributed by atoms with Crippen molar-refractivity contribution < 1.29 is 22.7 Å². The number of halogens is 3. The lowest BCUT2D eigenvalue weighted by molar-refractivity contribution is 0.0595. The molecule has 3 aromatic rings. The number of carbonyl (C=O) groups excluding carboxylic acids is 1. The Morgan fingerprint density at radius 1 is 1.11 bits per heavy atom. The number of carbonyl (C=O) groups is 1. The van der Waals surface area contributed by atoms with Crippen LogP contribution in [0.4, 0.5) is 13.2 Å². The summed E-state index contributed by atoms with van der Waals surface area (Å²) in [5, 5.41) is 0.282. The van der Waals surface area contributed by atoms with Gasteiger partial charge in [-0.25, -0.2) is 13.2 Å². The molecule has 0 spiro atoms. The molecule has 0 bridgehead atoms. The maximum Gasteiger partial charge on any atom is 0.274 e. The van der Waals surface area contributed by atoms with Crippen LogP contribution in [0.2, 0.25) is 0 Å². The SMILES string of the molecule is O=C(c1cccc(F)c1)N1CCC(Oc2nc3c(F)cc(F)cc3s2)CC1. The minimum Gasteiger partial charge on any atom is -0.467 e. The summed E-state index contributed by atoms with van der Waals surface area (Å²) in [7, 11) is 0. The molecule has 140 valence electrons. The van der Waals surface area contributed by atoms with Gasteiger partial charge in [0, 0.05) is 37.6 Å². The molecular weight excluding hydrogens is 377 g/mol. The van der Waals surface area contributed by atoms with Gasteiger partial charge in [-0.15, -0.1) is 0 Å². The zero-order chi connectivity index (χ0) is 19.0. The summed E-state index contributed by atoms with van der Waals surface area (Å²) in [5.74, 6) is -2.03. The maximum absolute atomic E-state index is 13.7. The number of amides is 1. The molecule has 1 saturated heterocycles. The summed E-state index contributed by atoms with van der Waals surface area (Å²) in [6.07, 6.45) is 0.983. The van der Waals surface area contributed by atoms with Crippen LogP contribution >= 0.6 is 11.3 Å². The van der Waals surface area contributed by atoms with Gasteiger partial charge in [-0.3, -0.25) is 4.79 Å². The molecule has 0 unspecified atom stereocenters. The van der Waals surface area contributed by atoms with Crippen molar-refractivity contribution in [1.82, 2.24) is 9.88 Å². The molecular formula is C19H15F3N2O2S. The third-order valence-electron chi connectivity index (χ3n) is 4.46. The highest BCUT2D eigenvalue weighted by molar-refractivity contribution is 7.20. The lowest BCUT2D eigenvalue weighted by atomic mass is 10.1. The summed E-state index contributed by atoms with van der Waals surface area (Å²) < 4.78 is 46.5. The van der Waals surface area contributed by atoms with Gasteiger partial charge >= 0.3 is 0 Å². The van der Waals surface area contributed by atoms with Crippen LogP contribution in [0.25, 0.3) is 10.2 Å². The highest BCUT2D eigenvalue weighted by Gasteiger charge is 2.26. The van der Waals surface area contributed by atoms with Crippen molar-refractivity contribution in [2.75, 3.05) is 13.1 Å². The second-order valence-corrected chi connectivity index (χ2v) is 7.33. The van der Waals surface area contributed by atoms with Crippen molar-refractivity contribution in [3.8, 4) is 5.19 Å². The smallest absolute Gasteiger partial charge is 0.274 e. The highest BCUT2D eigenvalue weighted by atomic mass is 32.1. The number of fused-ring (bicyclic) bond motifs is 1. The first-order valence-electron chi connectivity index (χ1n) is 8.46. The number of nitrogens with zero attached hydrogens (tertiary/aromatic N) is 2. The zero-order valence-electron chi connectivity index (χ0n) is 14.1. The van der Waals surface area contributed by atoms with E-state index in [9.17, 15) is 18.0 Å². The molecule has 2 aromatic carbocycles. The normalized spacial score (nSPS) is 15.3. The lowest BCUT2D eigenvalue weighted by Crippen LogP contribution is -2.41. The van der Waals surface area contributed by atoms with Crippen molar-refractivity contribution in [2.45, 2.75) is 18.9 Å². The number of ether oxygens (including phenoxy) is 1. The van der Waals surface area contributed by atoms with Crippen molar-refractivity contribution in [3.63, 3.8) is 0 Å². The minimum absolute atomic E-state index is 0.0927. The molecule has 0 N–H and O–H groups in total. The van der Waals surface area contributed by atoms with Gasteiger partial charge in [0.15, 0.2) is 5.82 Å². The maximum atomic E-state index is 13.7. The Kier molecular flexibility index (Phi) is 4.73. The number of piperidine rings is 1. The van der Waals surface area contributed by atoms with E-state index in [2.05, 4.69) is 4.98 Å². The van der Waals surface area contributed by atoms with Crippen molar-refractivity contribution >= 4 is 27.5 Å². The first kappa shape index (κ1) is 17.8. The van der Waals surface area contributed by atoms with Gasteiger partial charge in [-0.1, -0.05) is 17.4 Å². The predicted octanol–water partition coefficient (Wildman–Crippen LogP) is 4.40. The number of rotatable bonds is 3. The van der Waals surface area contributed by atoms with Crippen LogP contribution in [0.15, 0.2) is 36.4 Å². The molecule has 4 rings (SSSR count). The summed E-state index contributed by atoms with van der Waals surface area (Å²) in [4.78, 5) is 18.2. The summed E-state index contributed by atoms with van der Waals surface area (Å²) in [6.45, 7) is 0.932. The Morgan fingerprint density at radius 2 is 1.89 bits per heavy atom. The number of thiazole rings is 1. The van der Waals surface area contributed by atoms with Gasteiger partial charge < -0.3 is 9.64 Å². The average molecular weight is 392 g/mol. The molecule has 0 atom stereocenters. The number of benzene rings is 2. The van der Waals surface area contributed by atoms with E-state index in [0.717, 1.165) is 17.4 Å². The molecule has 0 radical (unpaired) electrons. The number of likely N-dealkylation sites (tertiary alicyclic amines) is 1. The van der Waals surface area contributed by atoms with Crippen LogP contribution in [0.1, 0.15) is 23.2 Å². The molecule has 1 aromatic heterocycles. The largest absolute Gasteiger partial charge is 0.467 e. The van der Waals surface area contributed by atoms with E-state index in [1.165, 1.54) is 24.3 Å².